The van der Waals surface area contributed by atoms with E-state index in [0.717, 1.165) is 0 Å². The van der Waals surface area contributed by atoms with Gasteiger partial charge in [-0.15, -0.1) is 0 Å². The molecule has 0 saturated carbocycles. The number of ether oxygens (including phenoxy) is 2. The minimum Gasteiger partial charge on any atom is -0.481 e. The number of hydroxylamine groups is 1. The van der Waals surface area contributed by atoms with E-state index in [9.17, 15) is 36.3 Å². The normalized spacial score (nSPS) is 16.5. The quantitative estimate of drug-likeness (QED) is 0.0924. The molecule has 2 atom stereocenters. The summed E-state index contributed by atoms with van der Waals surface area (Å²) in [5.74, 6) is -0.190. The summed E-state index contributed by atoms with van der Waals surface area (Å²) in [7, 11) is 1.41. The number of nitrogens with zero attached hydrogens (tertiary/aromatic N) is 3. The number of benzene rings is 1. The predicted molar refractivity (Wildman–Crippen MR) is 151 cm³/mol. The van der Waals surface area contributed by atoms with Crippen LogP contribution < -0.4 is 20.4 Å². The van der Waals surface area contributed by atoms with Crippen LogP contribution in [0.2, 0.25) is 0 Å². The molecule has 2 aromatic heterocycles. The van der Waals surface area contributed by atoms with Crippen molar-refractivity contribution in [2.24, 2.45) is 0 Å². The van der Waals surface area contributed by atoms with Crippen molar-refractivity contribution in [3.63, 3.8) is 0 Å². The number of methoxy groups -OCH3 is 1. The first kappa shape index (κ1) is 33.3. The zero-order valence-corrected chi connectivity index (χ0v) is 24.3. The third kappa shape index (κ3) is 7.38. The Morgan fingerprint density at radius 2 is 1.76 bits per heavy atom. The molecular formula is C29H30F6N6O4. The maximum atomic E-state index is 13.6. The topological polar surface area (TPSA) is 133 Å². The summed E-state index contributed by atoms with van der Waals surface area (Å²) in [5, 5.41) is 20.4. The fourth-order valence-electron chi connectivity index (χ4n) is 5.11. The van der Waals surface area contributed by atoms with Crippen molar-refractivity contribution >= 4 is 23.4 Å². The van der Waals surface area contributed by atoms with Crippen molar-refractivity contribution in [2.75, 3.05) is 23.9 Å². The number of halogens is 6. The van der Waals surface area contributed by atoms with Crippen LogP contribution in [0.1, 0.15) is 66.2 Å². The van der Waals surface area contributed by atoms with Crippen LogP contribution in [0.3, 0.4) is 0 Å². The third-order valence-electron chi connectivity index (χ3n) is 7.20. The number of nitrogens with one attached hydrogen (secondary N) is 3. The lowest BCUT2D eigenvalue weighted by Gasteiger charge is -2.39. The average Bonchev–Trinajstić information content (AvgIpc) is 2.99. The van der Waals surface area contributed by atoms with E-state index in [1.165, 1.54) is 24.3 Å². The van der Waals surface area contributed by atoms with Crippen LogP contribution in [0.5, 0.6) is 5.88 Å². The standard InChI is InChI=1S/C29H30F6N6O4/c1-4-20-13-21(24-22(6-7-23(39-24)44-3)41(20)27(42)45-5-2)38-26-16(11-17(14-37-26)25(36)40-43)8-15-9-18(28(30,31)32)12-19(10-15)29(33,34)35/h6-7,9-12,14,20-21,43H,4-5,8,13H2,1-3H3,(H2,36,40)(H,37,38)/t20-,21+/m1/s1. The van der Waals surface area contributed by atoms with Gasteiger partial charge in [-0.05, 0) is 61.2 Å². The molecule has 0 radical (unpaired) electrons. The molecule has 3 aromatic rings. The molecule has 0 aliphatic carbocycles. The monoisotopic (exact) mass is 640 g/mol. The Balaban J connectivity index is 1.82. The molecule has 0 saturated heterocycles. The largest absolute Gasteiger partial charge is 0.481 e. The van der Waals surface area contributed by atoms with Gasteiger partial charge in [-0.1, -0.05) is 6.92 Å². The van der Waals surface area contributed by atoms with Crippen LogP contribution in [0.25, 0.3) is 0 Å². The summed E-state index contributed by atoms with van der Waals surface area (Å²) in [6.45, 7) is 3.67. The van der Waals surface area contributed by atoms with E-state index < -0.39 is 47.9 Å². The molecule has 1 aliphatic rings. The van der Waals surface area contributed by atoms with Crippen molar-refractivity contribution in [3.05, 3.63) is 76.1 Å². The maximum absolute atomic E-state index is 13.6. The number of hydrogen-bond acceptors (Lipinski definition) is 8. The maximum Gasteiger partial charge on any atom is 0.416 e. The number of aromatic nitrogens is 2. The molecule has 3 heterocycles. The van der Waals surface area contributed by atoms with E-state index in [0.29, 0.717) is 29.9 Å². The lowest BCUT2D eigenvalue weighted by atomic mass is 9.93. The van der Waals surface area contributed by atoms with E-state index >= 15 is 0 Å². The highest BCUT2D eigenvalue weighted by molar-refractivity contribution is 5.95. The Morgan fingerprint density at radius 3 is 2.31 bits per heavy atom. The summed E-state index contributed by atoms with van der Waals surface area (Å²) < 4.78 is 92.0. The zero-order chi connectivity index (χ0) is 33.1. The van der Waals surface area contributed by atoms with Gasteiger partial charge in [0.05, 0.1) is 42.3 Å². The predicted octanol–water partition coefficient (Wildman–Crippen LogP) is 6.72. The van der Waals surface area contributed by atoms with Gasteiger partial charge in [-0.25, -0.2) is 14.8 Å². The van der Waals surface area contributed by atoms with Gasteiger partial charge in [-0.3, -0.25) is 21.0 Å². The summed E-state index contributed by atoms with van der Waals surface area (Å²) in [5.41, 5.74) is -0.679. The molecule has 1 amide bonds. The number of amidine groups is 1. The smallest absolute Gasteiger partial charge is 0.416 e. The fourth-order valence-corrected chi connectivity index (χ4v) is 5.11. The highest BCUT2D eigenvalue weighted by Crippen LogP contribution is 2.41. The molecule has 0 spiro atoms. The van der Waals surface area contributed by atoms with Crippen LogP contribution in [0, 0.1) is 5.41 Å². The summed E-state index contributed by atoms with van der Waals surface area (Å²) >= 11 is 0. The molecule has 10 nitrogen and oxygen atoms in total. The molecule has 45 heavy (non-hydrogen) atoms. The molecule has 4 rings (SSSR count). The lowest BCUT2D eigenvalue weighted by molar-refractivity contribution is -0.143. The fraction of sp³-hybridized carbons (Fsp3) is 0.379. The highest BCUT2D eigenvalue weighted by Gasteiger charge is 2.39. The first-order chi connectivity index (χ1) is 21.2. The molecular weight excluding hydrogens is 610 g/mol. The van der Waals surface area contributed by atoms with Crippen molar-refractivity contribution in [3.8, 4) is 5.88 Å². The van der Waals surface area contributed by atoms with E-state index in [1.54, 1.807) is 24.5 Å². The number of carbonyl (C=O) groups excluding carboxylic acids is 1. The second kappa shape index (κ2) is 13.2. The summed E-state index contributed by atoms with van der Waals surface area (Å²) in [6.07, 6.45) is -9.14. The molecule has 16 heteroatoms. The van der Waals surface area contributed by atoms with Crippen molar-refractivity contribution < 1.29 is 45.8 Å². The van der Waals surface area contributed by atoms with Crippen molar-refractivity contribution in [1.82, 2.24) is 15.4 Å². The van der Waals surface area contributed by atoms with Crippen molar-refractivity contribution in [1.29, 1.82) is 5.41 Å². The molecule has 0 unspecified atom stereocenters. The summed E-state index contributed by atoms with van der Waals surface area (Å²) in [6, 6.07) is 4.78. The molecule has 0 fully saturated rings. The van der Waals surface area contributed by atoms with Crippen LogP contribution in [0.15, 0.2) is 42.6 Å². The second-order valence-electron chi connectivity index (χ2n) is 10.1. The molecule has 1 aromatic carbocycles. The Kier molecular flexibility index (Phi) is 9.75. The van der Waals surface area contributed by atoms with Gasteiger partial charge in [0.2, 0.25) is 5.88 Å². The van der Waals surface area contributed by atoms with Crippen LogP contribution in [-0.2, 0) is 23.5 Å². The van der Waals surface area contributed by atoms with Crippen molar-refractivity contribution in [2.45, 2.75) is 57.5 Å². The Morgan fingerprint density at radius 1 is 1.09 bits per heavy atom. The van der Waals surface area contributed by atoms with E-state index in [-0.39, 0.29) is 53.5 Å². The minimum atomic E-state index is -5.05. The van der Waals surface area contributed by atoms with Gasteiger partial charge >= 0.3 is 18.4 Å². The number of rotatable bonds is 8. The van der Waals surface area contributed by atoms with Gasteiger partial charge in [0.15, 0.2) is 5.84 Å². The second-order valence-corrected chi connectivity index (χ2v) is 10.1. The minimum absolute atomic E-state index is 0.0184. The van der Waals surface area contributed by atoms with Gasteiger partial charge in [-0.2, -0.15) is 26.3 Å². The van der Waals surface area contributed by atoms with Crippen LogP contribution in [0.4, 0.5) is 42.6 Å². The van der Waals surface area contributed by atoms with Gasteiger partial charge in [0, 0.05) is 30.3 Å². The van der Waals surface area contributed by atoms with Gasteiger partial charge in [0.1, 0.15) is 5.82 Å². The van der Waals surface area contributed by atoms with Crippen LogP contribution >= 0.6 is 0 Å². The molecule has 1 aliphatic heterocycles. The number of carbonyl (C=O) groups is 1. The third-order valence-corrected chi connectivity index (χ3v) is 7.20. The number of fused-ring (bicyclic) bond motifs is 1. The number of amides is 1. The van der Waals surface area contributed by atoms with Gasteiger partial charge in [0.25, 0.3) is 0 Å². The molecule has 4 N–H and O–H groups in total. The van der Waals surface area contributed by atoms with Crippen LogP contribution in [-0.4, -0.2) is 46.9 Å². The summed E-state index contributed by atoms with van der Waals surface area (Å²) in [4.78, 5) is 23.3. The number of pyridine rings is 2. The lowest BCUT2D eigenvalue weighted by Crippen LogP contribution is -2.46. The van der Waals surface area contributed by atoms with E-state index in [2.05, 4.69) is 15.3 Å². The Hall–Kier alpha value is -4.60. The SMILES string of the molecule is CCOC(=O)N1c2ccc(OC)nc2[C@@H](Nc2ncc(C(=N)NO)cc2Cc2cc(C(F)(F)F)cc(C(F)(F)F)c2)C[C@H]1CC. The molecule has 0 bridgehead atoms. The number of hydrogen-bond donors (Lipinski definition) is 4. The molecule has 242 valence electrons. The van der Waals surface area contributed by atoms with E-state index in [1.807, 2.05) is 6.92 Å². The van der Waals surface area contributed by atoms with Gasteiger partial charge < -0.3 is 14.8 Å². The first-order valence-corrected chi connectivity index (χ1v) is 13.7. The Bertz CT molecular complexity index is 1530. The Labute approximate surface area is 253 Å². The zero-order valence-electron chi connectivity index (χ0n) is 24.3. The first-order valence-electron chi connectivity index (χ1n) is 13.7. The number of alkyl halides is 6. The highest BCUT2D eigenvalue weighted by atomic mass is 19.4. The number of anilines is 2. The van der Waals surface area contributed by atoms with E-state index in [4.69, 9.17) is 14.9 Å². The average molecular weight is 641 g/mol.